The van der Waals surface area contributed by atoms with E-state index in [0.717, 1.165) is 32.6 Å². The van der Waals surface area contributed by atoms with E-state index in [9.17, 15) is 4.79 Å². The van der Waals surface area contributed by atoms with Gasteiger partial charge in [-0.25, -0.2) is 5.43 Å². The molecule has 6 heteroatoms. The zero-order chi connectivity index (χ0) is 15.6. The Morgan fingerprint density at radius 1 is 1.04 bits per heavy atom. The lowest BCUT2D eigenvalue weighted by atomic mass is 9.81. The highest BCUT2D eigenvalue weighted by Gasteiger charge is 2.42. The highest BCUT2D eigenvalue weighted by molar-refractivity contribution is 5.83. The van der Waals surface area contributed by atoms with Gasteiger partial charge in [0.25, 0.3) is 0 Å². The maximum atomic E-state index is 12.9. The van der Waals surface area contributed by atoms with Crippen LogP contribution >= 0.6 is 0 Å². The number of amides is 1. The molecule has 1 saturated carbocycles. The molecule has 1 aromatic heterocycles. The third-order valence-electron chi connectivity index (χ3n) is 5.56. The summed E-state index contributed by atoms with van der Waals surface area (Å²) in [5.41, 5.74) is 7.82. The van der Waals surface area contributed by atoms with Crippen molar-refractivity contribution in [3.8, 4) is 0 Å². The number of pyridine rings is 1. The molecular weight excluding hydrogens is 290 g/mol. The van der Waals surface area contributed by atoms with Crippen molar-refractivity contribution in [2.45, 2.75) is 37.8 Å². The van der Waals surface area contributed by atoms with Gasteiger partial charge in [0.1, 0.15) is 6.04 Å². The molecule has 0 bridgehead atoms. The molecule has 23 heavy (non-hydrogen) atoms. The van der Waals surface area contributed by atoms with Crippen LogP contribution in [0.5, 0.6) is 0 Å². The molecular formula is C17H25N5O. The van der Waals surface area contributed by atoms with Gasteiger partial charge in [0.15, 0.2) is 0 Å². The normalized spacial score (nSPS) is 31.0. The molecule has 1 aliphatic carbocycles. The number of piperazine rings is 1. The number of hydrazine groups is 1. The van der Waals surface area contributed by atoms with Crippen molar-refractivity contribution < 1.29 is 4.79 Å². The van der Waals surface area contributed by atoms with E-state index < -0.39 is 0 Å². The van der Waals surface area contributed by atoms with E-state index in [2.05, 4.69) is 20.7 Å². The number of fused-ring (bicyclic) bond motifs is 1. The fourth-order valence-electron chi connectivity index (χ4n) is 4.22. The van der Waals surface area contributed by atoms with Crippen LogP contribution in [0.3, 0.4) is 0 Å². The number of nitrogens with zero attached hydrogens (tertiary/aromatic N) is 3. The summed E-state index contributed by atoms with van der Waals surface area (Å²) in [6.07, 6.45) is 8.54. The Hall–Kier alpha value is -1.66. The molecule has 4 rings (SSSR count). The van der Waals surface area contributed by atoms with Crippen molar-refractivity contribution in [2.24, 2.45) is 5.92 Å². The van der Waals surface area contributed by atoms with Crippen LogP contribution in [0.2, 0.25) is 0 Å². The fraction of sp³-hybridized carbons (Fsp3) is 0.647. The fourth-order valence-corrected chi connectivity index (χ4v) is 4.22. The van der Waals surface area contributed by atoms with Gasteiger partial charge in [-0.15, -0.1) is 0 Å². The standard InChI is InChI=1S/C17H25N5O/c23-17(16-14-3-1-2-4-15(14)19-20-16)22-11-9-21(10-12-22)13-5-7-18-8-6-13/h5-8,14-16,19-20H,1-4,9-12H2. The minimum atomic E-state index is -0.0345. The monoisotopic (exact) mass is 315 g/mol. The Kier molecular flexibility index (Phi) is 4.18. The molecule has 0 aromatic carbocycles. The quantitative estimate of drug-likeness (QED) is 0.844. The van der Waals surface area contributed by atoms with E-state index in [1.165, 1.54) is 24.9 Å². The van der Waals surface area contributed by atoms with Crippen LogP contribution in [0.4, 0.5) is 5.69 Å². The smallest absolute Gasteiger partial charge is 0.241 e. The van der Waals surface area contributed by atoms with Crippen LogP contribution in [-0.4, -0.2) is 54.1 Å². The number of hydrogen-bond donors (Lipinski definition) is 2. The zero-order valence-electron chi connectivity index (χ0n) is 13.4. The highest BCUT2D eigenvalue weighted by Crippen LogP contribution is 2.31. The van der Waals surface area contributed by atoms with Crippen LogP contribution in [0.15, 0.2) is 24.5 Å². The Morgan fingerprint density at radius 3 is 2.57 bits per heavy atom. The molecule has 2 aliphatic heterocycles. The van der Waals surface area contributed by atoms with Crippen molar-refractivity contribution in [3.05, 3.63) is 24.5 Å². The average molecular weight is 315 g/mol. The number of rotatable bonds is 2. The van der Waals surface area contributed by atoms with Crippen LogP contribution in [0, 0.1) is 5.92 Å². The van der Waals surface area contributed by atoms with Crippen molar-refractivity contribution in [1.82, 2.24) is 20.7 Å². The second-order valence-corrected chi connectivity index (χ2v) is 6.84. The van der Waals surface area contributed by atoms with Gasteiger partial charge in [0.05, 0.1) is 0 Å². The molecule has 1 amide bonds. The molecule has 3 fully saturated rings. The first kappa shape index (κ1) is 14.9. The van der Waals surface area contributed by atoms with Gasteiger partial charge in [-0.2, -0.15) is 0 Å². The van der Waals surface area contributed by atoms with Crippen LogP contribution in [0.1, 0.15) is 25.7 Å². The van der Waals surface area contributed by atoms with E-state index in [4.69, 9.17) is 0 Å². The van der Waals surface area contributed by atoms with Gasteiger partial charge in [-0.3, -0.25) is 15.2 Å². The second kappa shape index (κ2) is 6.45. The summed E-state index contributed by atoms with van der Waals surface area (Å²) in [5.74, 6) is 0.746. The number of aromatic nitrogens is 1. The molecule has 3 aliphatic rings. The van der Waals surface area contributed by atoms with Gasteiger partial charge in [-0.05, 0) is 25.0 Å². The molecule has 124 valence electrons. The van der Waals surface area contributed by atoms with Gasteiger partial charge >= 0.3 is 0 Å². The van der Waals surface area contributed by atoms with Gasteiger partial charge in [-0.1, -0.05) is 12.8 Å². The van der Waals surface area contributed by atoms with E-state index in [1.807, 2.05) is 29.4 Å². The molecule has 6 nitrogen and oxygen atoms in total. The van der Waals surface area contributed by atoms with E-state index >= 15 is 0 Å². The van der Waals surface area contributed by atoms with Crippen LogP contribution < -0.4 is 15.8 Å². The summed E-state index contributed by atoms with van der Waals surface area (Å²) in [5, 5.41) is 0. The lowest BCUT2D eigenvalue weighted by Gasteiger charge is -2.38. The Balaban J connectivity index is 1.36. The molecule has 3 unspecified atom stereocenters. The van der Waals surface area contributed by atoms with Gasteiger partial charge < -0.3 is 9.80 Å². The number of anilines is 1. The number of hydrogen-bond acceptors (Lipinski definition) is 5. The Labute approximate surface area is 137 Å². The lowest BCUT2D eigenvalue weighted by Crippen LogP contribution is -2.55. The Morgan fingerprint density at radius 2 is 1.78 bits per heavy atom. The van der Waals surface area contributed by atoms with Gasteiger partial charge in [0, 0.05) is 56.2 Å². The minimum absolute atomic E-state index is 0.0345. The van der Waals surface area contributed by atoms with Crippen molar-refractivity contribution >= 4 is 11.6 Å². The second-order valence-electron chi connectivity index (χ2n) is 6.84. The first-order valence-electron chi connectivity index (χ1n) is 8.78. The summed E-state index contributed by atoms with van der Waals surface area (Å²) >= 11 is 0. The highest BCUT2D eigenvalue weighted by atomic mass is 16.2. The molecule has 0 radical (unpaired) electrons. The van der Waals surface area contributed by atoms with Crippen LogP contribution in [-0.2, 0) is 4.79 Å². The van der Waals surface area contributed by atoms with E-state index in [-0.39, 0.29) is 11.9 Å². The van der Waals surface area contributed by atoms with Crippen molar-refractivity contribution in [1.29, 1.82) is 0 Å². The van der Waals surface area contributed by atoms with Crippen molar-refractivity contribution in [3.63, 3.8) is 0 Å². The topological polar surface area (TPSA) is 60.5 Å². The predicted molar refractivity (Wildman–Crippen MR) is 88.8 cm³/mol. The molecule has 2 saturated heterocycles. The third kappa shape index (κ3) is 2.93. The predicted octanol–water partition coefficient (Wildman–Crippen LogP) is 0.765. The first-order valence-corrected chi connectivity index (χ1v) is 8.78. The average Bonchev–Trinajstić information content (AvgIpc) is 3.06. The summed E-state index contributed by atoms with van der Waals surface area (Å²) in [7, 11) is 0. The number of nitrogens with one attached hydrogen (secondary N) is 2. The number of carbonyl (C=O) groups excluding carboxylic acids is 1. The van der Waals surface area contributed by atoms with E-state index in [0.29, 0.717) is 12.0 Å². The Bertz CT molecular complexity index is 543. The SMILES string of the molecule is O=C(C1NNC2CCCCC21)N1CCN(c2ccncc2)CC1. The molecule has 3 atom stereocenters. The minimum Gasteiger partial charge on any atom is -0.368 e. The maximum Gasteiger partial charge on any atom is 0.241 e. The zero-order valence-corrected chi connectivity index (χ0v) is 13.4. The molecule has 2 N–H and O–H groups in total. The summed E-state index contributed by atoms with van der Waals surface area (Å²) in [4.78, 5) is 21.3. The van der Waals surface area contributed by atoms with Crippen LogP contribution in [0.25, 0.3) is 0 Å². The van der Waals surface area contributed by atoms with Crippen molar-refractivity contribution in [2.75, 3.05) is 31.1 Å². The summed E-state index contributed by atoms with van der Waals surface area (Å²) in [6.45, 7) is 3.39. The van der Waals surface area contributed by atoms with Gasteiger partial charge in [0.2, 0.25) is 5.91 Å². The van der Waals surface area contributed by atoms with E-state index in [1.54, 1.807) is 0 Å². The molecule has 0 spiro atoms. The molecule has 1 aromatic rings. The third-order valence-corrected chi connectivity index (χ3v) is 5.56. The molecule has 3 heterocycles. The number of carbonyl (C=O) groups is 1. The largest absolute Gasteiger partial charge is 0.368 e. The first-order chi connectivity index (χ1) is 11.3. The summed E-state index contributed by atoms with van der Waals surface area (Å²) < 4.78 is 0. The summed E-state index contributed by atoms with van der Waals surface area (Å²) in [6, 6.07) is 4.52. The maximum absolute atomic E-state index is 12.9. The lowest BCUT2D eigenvalue weighted by molar-refractivity contribution is -0.134.